The number of anilines is 1. The van der Waals surface area contributed by atoms with Crippen molar-refractivity contribution in [2.24, 2.45) is 0 Å². The van der Waals surface area contributed by atoms with E-state index in [0.717, 1.165) is 19.4 Å². The summed E-state index contributed by atoms with van der Waals surface area (Å²) in [6, 6.07) is 5.49. The van der Waals surface area contributed by atoms with E-state index in [0.29, 0.717) is 24.1 Å². The number of nitrogens with zero attached hydrogens (tertiary/aromatic N) is 5. The molecule has 14 heteroatoms. The fraction of sp³-hybridized carbons (Fsp3) is 0.469. The van der Waals surface area contributed by atoms with Gasteiger partial charge in [-0.05, 0) is 49.9 Å². The Labute approximate surface area is 268 Å². The Morgan fingerprint density at radius 1 is 1.15 bits per heavy atom. The summed E-state index contributed by atoms with van der Waals surface area (Å²) in [6.45, 7) is 3.19. The Bertz CT molecular complexity index is 1820. The molecule has 0 amide bonds. The average molecular weight is 660 g/mol. The number of halogens is 4. The zero-order valence-electron chi connectivity index (χ0n) is 25.4. The molecule has 0 bridgehead atoms. The number of fused-ring (bicyclic) bond motifs is 2. The largest absolute Gasteiger partial charge is 0.475 e. The van der Waals surface area contributed by atoms with Crippen molar-refractivity contribution in [2.45, 2.75) is 43.9 Å². The number of aromatic nitrogens is 3. The lowest BCUT2D eigenvalue weighted by atomic mass is 9.95. The third-order valence-electron chi connectivity index (χ3n) is 9.13. The van der Waals surface area contributed by atoms with Crippen LogP contribution in [0, 0.1) is 11.6 Å². The Balaban J connectivity index is 1.43. The van der Waals surface area contributed by atoms with E-state index in [2.05, 4.69) is 19.9 Å². The smallest absolute Gasteiger partial charge is 0.319 e. The molecule has 0 radical (unpaired) electrons. The van der Waals surface area contributed by atoms with Gasteiger partial charge in [0, 0.05) is 37.6 Å². The topological polar surface area (TPSA) is 102 Å². The summed E-state index contributed by atoms with van der Waals surface area (Å²) >= 11 is 6.47. The normalized spacial score (nSPS) is 22.7. The fourth-order valence-corrected chi connectivity index (χ4v) is 7.28. The molecule has 1 N–H and O–H groups in total. The molecule has 46 heavy (non-hydrogen) atoms. The van der Waals surface area contributed by atoms with Crippen LogP contribution in [0.4, 0.5) is 19.0 Å². The molecule has 0 spiro atoms. The van der Waals surface area contributed by atoms with Crippen molar-refractivity contribution in [3.8, 4) is 28.9 Å². The minimum atomic E-state index is -0.951. The van der Waals surface area contributed by atoms with Gasteiger partial charge in [0.05, 0.1) is 23.2 Å². The molecule has 3 atom stereocenters. The van der Waals surface area contributed by atoms with Crippen molar-refractivity contribution in [2.75, 3.05) is 58.3 Å². The van der Waals surface area contributed by atoms with Crippen LogP contribution >= 0.6 is 11.6 Å². The van der Waals surface area contributed by atoms with Gasteiger partial charge in [0.1, 0.15) is 53.4 Å². The second-order valence-corrected chi connectivity index (χ2v) is 12.4. The number of aliphatic hydroxyl groups excluding tert-OH is 1. The maximum atomic E-state index is 17.0. The van der Waals surface area contributed by atoms with Gasteiger partial charge < -0.3 is 29.0 Å². The minimum Gasteiger partial charge on any atom is -0.475 e. The zero-order valence-corrected chi connectivity index (χ0v) is 26.1. The third kappa shape index (κ3) is 5.23. The van der Waals surface area contributed by atoms with Crippen molar-refractivity contribution in [1.82, 2.24) is 19.9 Å². The first-order valence-corrected chi connectivity index (χ1v) is 15.6. The first-order valence-electron chi connectivity index (χ1n) is 15.2. The van der Waals surface area contributed by atoms with E-state index in [1.54, 1.807) is 11.0 Å². The number of pyridine rings is 1. The lowest BCUT2D eigenvalue weighted by molar-refractivity contribution is 0.0512. The molecule has 7 rings (SSSR count). The maximum absolute atomic E-state index is 17.0. The molecular weight excluding hydrogens is 627 g/mol. The Morgan fingerprint density at radius 2 is 2.00 bits per heavy atom. The van der Waals surface area contributed by atoms with Crippen molar-refractivity contribution in [3.63, 3.8) is 0 Å². The highest BCUT2D eigenvalue weighted by Crippen LogP contribution is 2.45. The first kappa shape index (κ1) is 31.0. The first-order chi connectivity index (χ1) is 22.2. The van der Waals surface area contributed by atoms with Crippen LogP contribution in [0.1, 0.15) is 26.2 Å². The second kappa shape index (κ2) is 12.2. The quantitative estimate of drug-likeness (QED) is 0.239. The van der Waals surface area contributed by atoms with Crippen LogP contribution in [-0.4, -0.2) is 96.1 Å². The molecule has 10 nitrogen and oxygen atoms in total. The molecule has 0 saturated carbocycles. The van der Waals surface area contributed by atoms with Crippen LogP contribution in [0.3, 0.4) is 0 Å². The predicted octanol–water partition coefficient (Wildman–Crippen LogP) is 5.29. The Hall–Kier alpha value is -3.65. The summed E-state index contributed by atoms with van der Waals surface area (Å²) in [7, 11) is 1.47. The molecule has 3 aliphatic heterocycles. The van der Waals surface area contributed by atoms with Crippen LogP contribution in [0.15, 0.2) is 24.3 Å². The Morgan fingerprint density at radius 3 is 2.80 bits per heavy atom. The molecule has 0 aliphatic carbocycles. The van der Waals surface area contributed by atoms with Crippen molar-refractivity contribution < 1.29 is 37.2 Å². The van der Waals surface area contributed by atoms with Gasteiger partial charge in [0.15, 0.2) is 12.6 Å². The van der Waals surface area contributed by atoms with Crippen molar-refractivity contribution in [1.29, 1.82) is 0 Å². The molecule has 244 valence electrons. The van der Waals surface area contributed by atoms with E-state index < -0.39 is 23.3 Å². The number of aliphatic hydroxyl groups is 1. The number of ether oxygens (including phenoxy) is 4. The number of benzene rings is 2. The van der Waals surface area contributed by atoms with Crippen molar-refractivity contribution in [3.05, 3.63) is 40.9 Å². The number of alkyl halides is 1. The third-order valence-corrected chi connectivity index (χ3v) is 9.50. The van der Waals surface area contributed by atoms with Crippen molar-refractivity contribution >= 4 is 39.1 Å². The van der Waals surface area contributed by atoms with Crippen LogP contribution in [0.5, 0.6) is 17.6 Å². The lowest BCUT2D eigenvalue weighted by Crippen LogP contribution is -2.43. The second-order valence-electron chi connectivity index (χ2n) is 12.1. The van der Waals surface area contributed by atoms with Gasteiger partial charge in [-0.2, -0.15) is 9.97 Å². The fourth-order valence-electron chi connectivity index (χ4n) is 7.00. The molecule has 0 unspecified atom stereocenters. The van der Waals surface area contributed by atoms with Gasteiger partial charge in [0.25, 0.3) is 0 Å². The monoisotopic (exact) mass is 659 g/mol. The number of hydrogen-bond acceptors (Lipinski definition) is 10. The highest BCUT2D eigenvalue weighted by atomic mass is 35.5. The molecular formula is C32H33ClF3N5O5. The molecule has 2 saturated heterocycles. The summed E-state index contributed by atoms with van der Waals surface area (Å²) in [5.41, 5.74) is -0.669. The standard InChI is InChI=1S/C32H33ClF3N5O5/c1-17-14-44-30-24-28(26(36)27(37-30)21-11-20(46-16-43-2)10-18-4-5-22(35)25(33)23(18)21)38-31(39-29(24)41(17)8-9-42)45-15-32-6-3-7-40(32)13-19(34)12-32/h4-5,10-11,17,19,42H,3,6-9,12-16H2,1-2H3/t17-,19+,32-/m0/s1. The molecule has 5 heterocycles. The van der Waals surface area contributed by atoms with E-state index in [9.17, 15) is 13.9 Å². The molecule has 2 aromatic carbocycles. The van der Waals surface area contributed by atoms with Crippen LogP contribution in [0.25, 0.3) is 32.9 Å². The maximum Gasteiger partial charge on any atom is 0.319 e. The summed E-state index contributed by atoms with van der Waals surface area (Å²) in [5.74, 6) is -0.869. The van der Waals surface area contributed by atoms with Gasteiger partial charge >= 0.3 is 6.01 Å². The minimum absolute atomic E-state index is 0.0563. The van der Waals surface area contributed by atoms with Gasteiger partial charge in [-0.25, -0.2) is 18.2 Å². The van der Waals surface area contributed by atoms with Crippen LogP contribution in [0.2, 0.25) is 5.02 Å². The van der Waals surface area contributed by atoms with Gasteiger partial charge in [0.2, 0.25) is 5.88 Å². The summed E-state index contributed by atoms with van der Waals surface area (Å²) < 4.78 is 69.2. The molecule has 2 fully saturated rings. The summed E-state index contributed by atoms with van der Waals surface area (Å²) in [5, 5.41) is 10.6. The SMILES string of the molecule is COCOc1cc(-c2nc3c4c(nc(OC[C@@]56CCCN5C[C@H](F)C6)nc4c2F)N(CCO)[C@@H](C)CO3)c2c(Cl)c(F)ccc2c1. The molecule has 3 aliphatic rings. The molecule has 4 aromatic rings. The van der Waals surface area contributed by atoms with E-state index in [-0.39, 0.29) is 89.5 Å². The predicted molar refractivity (Wildman–Crippen MR) is 166 cm³/mol. The molecule has 2 aromatic heterocycles. The van der Waals surface area contributed by atoms with E-state index in [1.807, 2.05) is 6.92 Å². The van der Waals surface area contributed by atoms with Gasteiger partial charge in [-0.1, -0.05) is 17.7 Å². The van der Waals surface area contributed by atoms with Gasteiger partial charge in [-0.3, -0.25) is 4.90 Å². The highest BCUT2D eigenvalue weighted by Gasteiger charge is 2.49. The average Bonchev–Trinajstić information content (AvgIpc) is 3.53. The highest BCUT2D eigenvalue weighted by molar-refractivity contribution is 6.37. The Kier molecular flexibility index (Phi) is 8.20. The van der Waals surface area contributed by atoms with Crippen LogP contribution < -0.4 is 19.1 Å². The van der Waals surface area contributed by atoms with Gasteiger partial charge in [-0.15, -0.1) is 0 Å². The number of rotatable bonds is 9. The van der Waals surface area contributed by atoms with E-state index in [4.69, 9.17) is 30.5 Å². The van der Waals surface area contributed by atoms with E-state index in [1.165, 1.54) is 25.3 Å². The lowest BCUT2D eigenvalue weighted by Gasteiger charge is -2.31. The zero-order chi connectivity index (χ0) is 32.2. The summed E-state index contributed by atoms with van der Waals surface area (Å²) in [6.07, 6.45) is 1.09. The summed E-state index contributed by atoms with van der Waals surface area (Å²) in [4.78, 5) is 17.7. The number of hydrogen-bond donors (Lipinski definition) is 1. The number of methoxy groups -OCH3 is 1. The van der Waals surface area contributed by atoms with Crippen LogP contribution in [-0.2, 0) is 4.74 Å². The number of β-amino-alcohol motifs (C(OH)–C–C–N with tert-alkyl or cyclic N) is 1. The van der Waals surface area contributed by atoms with E-state index >= 15 is 4.39 Å².